The van der Waals surface area contributed by atoms with Crippen LogP contribution >= 0.6 is 0 Å². The van der Waals surface area contributed by atoms with Crippen molar-refractivity contribution < 1.29 is 4.74 Å². The minimum absolute atomic E-state index is 0.207. The van der Waals surface area contributed by atoms with Gasteiger partial charge in [0.1, 0.15) is 0 Å². The van der Waals surface area contributed by atoms with E-state index in [9.17, 15) is 0 Å². The van der Waals surface area contributed by atoms with E-state index in [1.54, 1.807) is 0 Å². The molecule has 2 heterocycles. The van der Waals surface area contributed by atoms with Gasteiger partial charge >= 0.3 is 0 Å². The van der Waals surface area contributed by atoms with Gasteiger partial charge in [-0.25, -0.2) is 0 Å². The SMILES string of the molecule is CN(CCc1ccncc1)CC1COCC1N. The maximum atomic E-state index is 5.97. The Morgan fingerprint density at radius 1 is 1.41 bits per heavy atom. The zero-order chi connectivity index (χ0) is 12.1. The molecule has 0 bridgehead atoms. The molecule has 0 aliphatic carbocycles. The van der Waals surface area contributed by atoms with Gasteiger partial charge in [-0.1, -0.05) is 0 Å². The van der Waals surface area contributed by atoms with Crippen molar-refractivity contribution in [3.05, 3.63) is 30.1 Å². The van der Waals surface area contributed by atoms with Crippen LogP contribution in [0, 0.1) is 5.92 Å². The Balaban J connectivity index is 1.72. The van der Waals surface area contributed by atoms with Gasteiger partial charge in [0.15, 0.2) is 0 Å². The molecule has 0 spiro atoms. The predicted octanol–water partition coefficient (Wildman–Crippen LogP) is 0.530. The Hall–Kier alpha value is -0.970. The Morgan fingerprint density at radius 3 is 2.82 bits per heavy atom. The molecule has 1 fully saturated rings. The Kier molecular flexibility index (Phi) is 4.48. The lowest BCUT2D eigenvalue weighted by Gasteiger charge is -2.22. The van der Waals surface area contributed by atoms with Crippen LogP contribution in [-0.4, -0.2) is 49.3 Å². The number of likely N-dealkylation sites (N-methyl/N-ethyl adjacent to an activating group) is 1. The summed E-state index contributed by atoms with van der Waals surface area (Å²) in [7, 11) is 2.15. The molecule has 1 aromatic rings. The zero-order valence-corrected chi connectivity index (χ0v) is 10.4. The fourth-order valence-corrected chi connectivity index (χ4v) is 2.16. The topological polar surface area (TPSA) is 51.4 Å². The van der Waals surface area contributed by atoms with Gasteiger partial charge < -0.3 is 15.4 Å². The molecule has 2 unspecified atom stereocenters. The number of pyridine rings is 1. The Bertz CT molecular complexity index is 331. The number of nitrogens with two attached hydrogens (primary N) is 1. The van der Waals surface area contributed by atoms with Gasteiger partial charge in [-0.2, -0.15) is 0 Å². The molecule has 17 heavy (non-hydrogen) atoms. The van der Waals surface area contributed by atoms with Gasteiger partial charge in [0.25, 0.3) is 0 Å². The molecule has 1 saturated heterocycles. The van der Waals surface area contributed by atoms with Crippen molar-refractivity contribution in [2.24, 2.45) is 11.7 Å². The van der Waals surface area contributed by atoms with Crippen molar-refractivity contribution in [2.45, 2.75) is 12.5 Å². The fourth-order valence-electron chi connectivity index (χ4n) is 2.16. The maximum absolute atomic E-state index is 5.97. The van der Waals surface area contributed by atoms with E-state index in [4.69, 9.17) is 10.5 Å². The average Bonchev–Trinajstić information content (AvgIpc) is 2.74. The lowest BCUT2D eigenvalue weighted by atomic mass is 10.0. The zero-order valence-electron chi connectivity index (χ0n) is 10.4. The third-order valence-electron chi connectivity index (χ3n) is 3.33. The summed E-state index contributed by atoms with van der Waals surface area (Å²) in [4.78, 5) is 6.35. The van der Waals surface area contributed by atoms with Crippen LogP contribution in [0.4, 0.5) is 0 Å². The molecule has 94 valence electrons. The van der Waals surface area contributed by atoms with Crippen molar-refractivity contribution in [2.75, 3.05) is 33.4 Å². The standard InChI is InChI=1S/C13H21N3O/c1-16(8-12-9-17-10-13(12)14)7-4-11-2-5-15-6-3-11/h2-3,5-6,12-13H,4,7-10,14H2,1H3. The summed E-state index contributed by atoms with van der Waals surface area (Å²) in [6.07, 6.45) is 4.74. The highest BCUT2D eigenvalue weighted by atomic mass is 16.5. The fraction of sp³-hybridized carbons (Fsp3) is 0.615. The summed E-state index contributed by atoms with van der Waals surface area (Å²) in [5.41, 5.74) is 7.31. The lowest BCUT2D eigenvalue weighted by molar-refractivity contribution is 0.174. The van der Waals surface area contributed by atoms with Crippen LogP contribution in [0.15, 0.2) is 24.5 Å². The van der Waals surface area contributed by atoms with Crippen LogP contribution in [-0.2, 0) is 11.2 Å². The first kappa shape index (κ1) is 12.5. The summed E-state index contributed by atoms with van der Waals surface area (Å²) in [6, 6.07) is 4.34. The summed E-state index contributed by atoms with van der Waals surface area (Å²) in [5, 5.41) is 0. The minimum atomic E-state index is 0.207. The van der Waals surface area contributed by atoms with Crippen molar-refractivity contribution in [1.29, 1.82) is 0 Å². The monoisotopic (exact) mass is 235 g/mol. The van der Waals surface area contributed by atoms with Crippen molar-refractivity contribution in [3.63, 3.8) is 0 Å². The number of hydrogen-bond donors (Lipinski definition) is 1. The van der Waals surface area contributed by atoms with E-state index in [-0.39, 0.29) is 6.04 Å². The Morgan fingerprint density at radius 2 is 2.18 bits per heavy atom. The van der Waals surface area contributed by atoms with Gasteiger partial charge in [-0.15, -0.1) is 0 Å². The van der Waals surface area contributed by atoms with E-state index in [1.165, 1.54) is 5.56 Å². The molecule has 0 saturated carbocycles. The van der Waals surface area contributed by atoms with Crippen LogP contribution in [0.3, 0.4) is 0 Å². The molecule has 0 aromatic carbocycles. The molecule has 4 nitrogen and oxygen atoms in total. The molecule has 2 rings (SSSR count). The molecule has 2 N–H and O–H groups in total. The molecule has 2 atom stereocenters. The highest BCUT2D eigenvalue weighted by molar-refractivity contribution is 5.09. The molecule has 1 aromatic heterocycles. The minimum Gasteiger partial charge on any atom is -0.379 e. The molecule has 0 amide bonds. The van der Waals surface area contributed by atoms with E-state index < -0.39 is 0 Å². The molecular weight excluding hydrogens is 214 g/mol. The smallest absolute Gasteiger partial charge is 0.0621 e. The number of nitrogens with zero attached hydrogens (tertiary/aromatic N) is 2. The second-order valence-corrected chi connectivity index (χ2v) is 4.83. The number of aromatic nitrogens is 1. The Labute approximate surface area is 103 Å². The van der Waals surface area contributed by atoms with Gasteiger partial charge in [0.2, 0.25) is 0 Å². The third kappa shape index (κ3) is 3.77. The number of ether oxygens (including phenoxy) is 1. The van der Waals surface area contributed by atoms with Crippen LogP contribution in [0.2, 0.25) is 0 Å². The predicted molar refractivity (Wildman–Crippen MR) is 67.7 cm³/mol. The van der Waals surface area contributed by atoms with Gasteiger partial charge in [0.05, 0.1) is 13.2 Å². The van der Waals surface area contributed by atoms with Crippen LogP contribution in [0.1, 0.15) is 5.56 Å². The van der Waals surface area contributed by atoms with E-state index >= 15 is 0 Å². The van der Waals surface area contributed by atoms with E-state index in [1.807, 2.05) is 12.4 Å². The maximum Gasteiger partial charge on any atom is 0.0621 e. The second kappa shape index (κ2) is 6.10. The largest absolute Gasteiger partial charge is 0.379 e. The summed E-state index contributed by atoms with van der Waals surface area (Å²) < 4.78 is 5.37. The first-order chi connectivity index (χ1) is 8.25. The van der Waals surface area contributed by atoms with Crippen LogP contribution in [0.5, 0.6) is 0 Å². The van der Waals surface area contributed by atoms with Gasteiger partial charge in [-0.05, 0) is 31.2 Å². The number of rotatable bonds is 5. The third-order valence-corrected chi connectivity index (χ3v) is 3.33. The van der Waals surface area contributed by atoms with Crippen molar-refractivity contribution in [1.82, 2.24) is 9.88 Å². The summed E-state index contributed by atoms with van der Waals surface area (Å²) >= 11 is 0. The van der Waals surface area contributed by atoms with Gasteiger partial charge in [0, 0.05) is 37.4 Å². The summed E-state index contributed by atoms with van der Waals surface area (Å²) in [6.45, 7) is 3.59. The molecule has 4 heteroatoms. The van der Waals surface area contributed by atoms with E-state index in [0.29, 0.717) is 12.5 Å². The molecule has 0 radical (unpaired) electrons. The van der Waals surface area contributed by atoms with Gasteiger partial charge in [-0.3, -0.25) is 4.98 Å². The van der Waals surface area contributed by atoms with Crippen molar-refractivity contribution >= 4 is 0 Å². The highest BCUT2D eigenvalue weighted by Crippen LogP contribution is 2.12. The second-order valence-electron chi connectivity index (χ2n) is 4.83. The number of hydrogen-bond acceptors (Lipinski definition) is 4. The normalized spacial score (nSPS) is 24.4. The quantitative estimate of drug-likeness (QED) is 0.809. The lowest BCUT2D eigenvalue weighted by Crippen LogP contribution is -2.37. The average molecular weight is 235 g/mol. The van der Waals surface area contributed by atoms with Crippen molar-refractivity contribution in [3.8, 4) is 0 Å². The molecule has 1 aliphatic heterocycles. The van der Waals surface area contributed by atoms with E-state index in [0.717, 1.165) is 26.1 Å². The molecule has 1 aliphatic rings. The summed E-state index contributed by atoms with van der Waals surface area (Å²) in [5.74, 6) is 0.484. The molecular formula is C13H21N3O. The first-order valence-corrected chi connectivity index (χ1v) is 6.16. The first-order valence-electron chi connectivity index (χ1n) is 6.16. The van der Waals surface area contributed by atoms with Crippen LogP contribution < -0.4 is 5.73 Å². The van der Waals surface area contributed by atoms with E-state index in [2.05, 4.69) is 29.1 Å². The highest BCUT2D eigenvalue weighted by Gasteiger charge is 2.25. The van der Waals surface area contributed by atoms with Crippen LogP contribution in [0.25, 0.3) is 0 Å².